The molecule has 1 heterocycles. The van der Waals surface area contributed by atoms with Gasteiger partial charge in [0.05, 0.1) is 4.92 Å². The summed E-state index contributed by atoms with van der Waals surface area (Å²) in [5.74, 6) is -0.806. The highest BCUT2D eigenvalue weighted by Crippen LogP contribution is 2.31. The van der Waals surface area contributed by atoms with Crippen LogP contribution in [-0.2, 0) is 0 Å². The molecule has 0 aliphatic carbocycles. The number of nitrogens with two attached hydrogens (primary N) is 1. The van der Waals surface area contributed by atoms with Gasteiger partial charge in [0.15, 0.2) is 5.13 Å². The SMILES string of the molecule is CN(C(=O)c1cccc(Cl)c1)c1nc(N)c(C(=O)c2ccc([N+](=O)[O-])cc2)s1. The Hall–Kier alpha value is -3.30. The maximum absolute atomic E-state index is 12.7. The number of nitrogen functional groups attached to an aromatic ring is 1. The molecule has 0 radical (unpaired) electrons. The van der Waals surface area contributed by atoms with Gasteiger partial charge >= 0.3 is 0 Å². The number of carbonyl (C=O) groups is 2. The van der Waals surface area contributed by atoms with Crippen LogP contribution in [0.1, 0.15) is 25.6 Å². The number of ketones is 1. The number of nitro groups is 1. The minimum atomic E-state index is -0.552. The summed E-state index contributed by atoms with van der Waals surface area (Å²) < 4.78 is 0. The van der Waals surface area contributed by atoms with Crippen LogP contribution in [0.5, 0.6) is 0 Å². The molecule has 2 aromatic carbocycles. The summed E-state index contributed by atoms with van der Waals surface area (Å²) >= 11 is 6.88. The quantitative estimate of drug-likeness (QED) is 0.384. The number of amides is 1. The third-order valence-electron chi connectivity index (χ3n) is 3.85. The first-order chi connectivity index (χ1) is 13.3. The van der Waals surface area contributed by atoms with E-state index in [0.717, 1.165) is 11.3 Å². The van der Waals surface area contributed by atoms with E-state index >= 15 is 0 Å². The van der Waals surface area contributed by atoms with Gasteiger partial charge in [0.1, 0.15) is 10.7 Å². The van der Waals surface area contributed by atoms with Gasteiger partial charge in [0.25, 0.3) is 11.6 Å². The molecule has 0 atom stereocenters. The Morgan fingerprint density at radius 2 is 1.86 bits per heavy atom. The van der Waals surface area contributed by atoms with E-state index in [1.54, 1.807) is 18.2 Å². The lowest BCUT2D eigenvalue weighted by molar-refractivity contribution is -0.384. The van der Waals surface area contributed by atoms with E-state index in [4.69, 9.17) is 17.3 Å². The summed E-state index contributed by atoms with van der Waals surface area (Å²) in [6, 6.07) is 11.6. The second kappa shape index (κ2) is 7.75. The van der Waals surface area contributed by atoms with Crippen LogP contribution in [0, 0.1) is 10.1 Å². The molecule has 1 aromatic heterocycles. The lowest BCUT2D eigenvalue weighted by Gasteiger charge is -2.13. The van der Waals surface area contributed by atoms with E-state index in [9.17, 15) is 19.7 Å². The van der Waals surface area contributed by atoms with E-state index in [2.05, 4.69) is 4.98 Å². The molecule has 3 aromatic rings. The van der Waals surface area contributed by atoms with Crippen LogP contribution in [-0.4, -0.2) is 28.6 Å². The minimum absolute atomic E-state index is 0.0194. The lowest BCUT2D eigenvalue weighted by atomic mass is 10.1. The van der Waals surface area contributed by atoms with Gasteiger partial charge < -0.3 is 5.73 Å². The summed E-state index contributed by atoms with van der Waals surface area (Å²) in [6.45, 7) is 0. The van der Waals surface area contributed by atoms with Crippen molar-refractivity contribution >= 4 is 51.3 Å². The number of nitrogens with zero attached hydrogens (tertiary/aromatic N) is 3. The molecule has 0 spiro atoms. The Morgan fingerprint density at radius 3 is 2.46 bits per heavy atom. The molecule has 28 heavy (non-hydrogen) atoms. The first-order valence-electron chi connectivity index (χ1n) is 7.87. The Balaban J connectivity index is 1.86. The average Bonchev–Trinajstić information content (AvgIpc) is 3.08. The smallest absolute Gasteiger partial charge is 0.269 e. The minimum Gasteiger partial charge on any atom is -0.382 e. The van der Waals surface area contributed by atoms with Gasteiger partial charge in [0, 0.05) is 35.3 Å². The van der Waals surface area contributed by atoms with Crippen molar-refractivity contribution in [3.63, 3.8) is 0 Å². The lowest BCUT2D eigenvalue weighted by Crippen LogP contribution is -2.26. The Kier molecular flexibility index (Phi) is 5.39. The van der Waals surface area contributed by atoms with Crippen molar-refractivity contribution in [2.75, 3.05) is 17.7 Å². The molecule has 10 heteroatoms. The van der Waals surface area contributed by atoms with Crippen LogP contribution in [0.25, 0.3) is 0 Å². The fourth-order valence-electron chi connectivity index (χ4n) is 2.39. The monoisotopic (exact) mass is 416 g/mol. The van der Waals surface area contributed by atoms with E-state index in [-0.39, 0.29) is 33.0 Å². The first kappa shape index (κ1) is 19.5. The van der Waals surface area contributed by atoms with Crippen molar-refractivity contribution < 1.29 is 14.5 Å². The summed E-state index contributed by atoms with van der Waals surface area (Å²) in [6.07, 6.45) is 0. The fourth-order valence-corrected chi connectivity index (χ4v) is 3.49. The average molecular weight is 417 g/mol. The number of rotatable bonds is 5. The highest BCUT2D eigenvalue weighted by Gasteiger charge is 2.23. The zero-order chi connectivity index (χ0) is 20.4. The standard InChI is InChI=1S/C18H13ClN4O4S/c1-22(17(25)11-3-2-4-12(19)9-11)18-21-16(20)15(28-18)14(24)10-5-7-13(8-6-10)23(26)27/h2-9H,20H2,1H3. The Morgan fingerprint density at radius 1 is 1.18 bits per heavy atom. The van der Waals surface area contributed by atoms with Gasteiger partial charge in [-0.25, -0.2) is 4.98 Å². The number of hydrogen-bond donors (Lipinski definition) is 1. The number of thiazole rings is 1. The van der Waals surface area contributed by atoms with Crippen LogP contribution in [0.4, 0.5) is 16.6 Å². The molecule has 0 aliphatic heterocycles. The highest BCUT2D eigenvalue weighted by atomic mass is 35.5. The molecule has 3 rings (SSSR count). The van der Waals surface area contributed by atoms with Crippen molar-refractivity contribution in [2.24, 2.45) is 0 Å². The van der Waals surface area contributed by atoms with Crippen LogP contribution in [0.15, 0.2) is 48.5 Å². The molecule has 0 fully saturated rings. The summed E-state index contributed by atoms with van der Waals surface area (Å²) in [4.78, 5) is 41.0. The molecule has 0 saturated carbocycles. The summed E-state index contributed by atoms with van der Waals surface area (Å²) in [7, 11) is 1.52. The fraction of sp³-hybridized carbons (Fsp3) is 0.0556. The number of halogens is 1. The van der Waals surface area contributed by atoms with E-state index in [0.29, 0.717) is 10.6 Å². The summed E-state index contributed by atoms with van der Waals surface area (Å²) in [5, 5.41) is 11.4. The number of carbonyl (C=O) groups excluding carboxylic acids is 2. The molecule has 142 valence electrons. The number of benzene rings is 2. The zero-order valence-corrected chi connectivity index (χ0v) is 16.0. The van der Waals surface area contributed by atoms with Gasteiger partial charge in [-0.1, -0.05) is 29.0 Å². The largest absolute Gasteiger partial charge is 0.382 e. The van der Waals surface area contributed by atoms with Gasteiger partial charge in [-0.15, -0.1) is 0 Å². The van der Waals surface area contributed by atoms with Crippen molar-refractivity contribution in [3.05, 3.63) is 79.7 Å². The predicted octanol–water partition coefficient (Wildman–Crippen LogP) is 3.79. The number of non-ortho nitro benzene ring substituents is 1. The molecular weight excluding hydrogens is 404 g/mol. The predicted molar refractivity (Wildman–Crippen MR) is 107 cm³/mol. The van der Waals surface area contributed by atoms with Crippen molar-refractivity contribution in [1.29, 1.82) is 0 Å². The third kappa shape index (κ3) is 3.85. The Labute approximate surface area is 168 Å². The van der Waals surface area contributed by atoms with Gasteiger partial charge in [-0.3, -0.25) is 24.6 Å². The number of anilines is 2. The second-order valence-electron chi connectivity index (χ2n) is 5.72. The van der Waals surface area contributed by atoms with Crippen LogP contribution >= 0.6 is 22.9 Å². The summed E-state index contributed by atoms with van der Waals surface area (Å²) in [5.41, 5.74) is 6.35. The van der Waals surface area contributed by atoms with Crippen molar-refractivity contribution in [3.8, 4) is 0 Å². The molecule has 8 nitrogen and oxygen atoms in total. The number of nitro benzene ring substituents is 1. The van der Waals surface area contributed by atoms with E-state index in [1.165, 1.54) is 42.3 Å². The van der Waals surface area contributed by atoms with Crippen molar-refractivity contribution in [2.45, 2.75) is 0 Å². The maximum Gasteiger partial charge on any atom is 0.269 e. The Bertz CT molecular complexity index is 1080. The topological polar surface area (TPSA) is 119 Å². The van der Waals surface area contributed by atoms with Gasteiger partial charge in [-0.05, 0) is 30.3 Å². The van der Waals surface area contributed by atoms with Crippen LogP contribution in [0.2, 0.25) is 5.02 Å². The van der Waals surface area contributed by atoms with Crippen LogP contribution < -0.4 is 10.6 Å². The number of aromatic nitrogens is 1. The van der Waals surface area contributed by atoms with Crippen LogP contribution in [0.3, 0.4) is 0 Å². The maximum atomic E-state index is 12.7. The first-order valence-corrected chi connectivity index (χ1v) is 9.06. The van der Waals surface area contributed by atoms with Gasteiger partial charge in [-0.2, -0.15) is 0 Å². The van der Waals surface area contributed by atoms with E-state index in [1.807, 2.05) is 0 Å². The van der Waals surface area contributed by atoms with Crippen molar-refractivity contribution in [1.82, 2.24) is 4.98 Å². The highest BCUT2D eigenvalue weighted by molar-refractivity contribution is 7.18. The third-order valence-corrected chi connectivity index (χ3v) is 5.23. The molecule has 0 saturated heterocycles. The molecule has 0 bridgehead atoms. The molecule has 0 unspecified atom stereocenters. The van der Waals surface area contributed by atoms with Gasteiger partial charge in [0.2, 0.25) is 5.78 Å². The number of hydrogen-bond acceptors (Lipinski definition) is 7. The molecule has 1 amide bonds. The second-order valence-corrected chi connectivity index (χ2v) is 7.13. The molecule has 0 aliphatic rings. The normalized spacial score (nSPS) is 10.5. The zero-order valence-electron chi connectivity index (χ0n) is 14.5. The van der Waals surface area contributed by atoms with E-state index < -0.39 is 10.7 Å². The molecular formula is C18H13ClN4O4S. The molecule has 2 N–H and O–H groups in total.